The Hall–Kier alpha value is -3.46. The highest BCUT2D eigenvalue weighted by molar-refractivity contribution is 6.30. The lowest BCUT2D eigenvalue weighted by molar-refractivity contribution is 0.0342. The van der Waals surface area contributed by atoms with E-state index in [1.54, 1.807) is 36.7 Å². The van der Waals surface area contributed by atoms with E-state index in [-0.39, 0.29) is 5.91 Å². The van der Waals surface area contributed by atoms with Crippen molar-refractivity contribution in [3.63, 3.8) is 0 Å². The zero-order valence-corrected chi connectivity index (χ0v) is 18.6. The molecule has 2 aromatic heterocycles. The maximum Gasteiger partial charge on any atom is 0.255 e. The standard InChI is InChI=1S/C24H23ClN6O2/c25-19-7-5-18(6-8-19)24(32)29-21-14-27-30-22(21)23-26-13-20(28-23)17-3-1-16(2-4-17)15-31-9-11-33-12-10-31/h1-8,13-14H,9-12,15H2,(H,26,28)(H,27,30)(H,29,32). The number of nitrogens with one attached hydrogen (secondary N) is 3. The number of carbonyl (C=O) groups is 1. The van der Waals surface area contributed by atoms with Crippen LogP contribution in [-0.2, 0) is 11.3 Å². The van der Waals surface area contributed by atoms with Gasteiger partial charge in [-0.05, 0) is 35.4 Å². The van der Waals surface area contributed by atoms with E-state index in [1.165, 1.54) is 5.56 Å². The SMILES string of the molecule is O=C(Nc1cn[nH]c1-c1ncc(-c2ccc(CN3CCOCC3)cc2)[nH]1)c1ccc(Cl)cc1. The van der Waals surface area contributed by atoms with Crippen molar-refractivity contribution >= 4 is 23.2 Å². The van der Waals surface area contributed by atoms with Crippen LogP contribution in [0.2, 0.25) is 5.02 Å². The van der Waals surface area contributed by atoms with Gasteiger partial charge in [-0.25, -0.2) is 4.98 Å². The molecular formula is C24H23ClN6O2. The van der Waals surface area contributed by atoms with E-state index in [0.29, 0.717) is 27.8 Å². The molecule has 9 heteroatoms. The number of H-pyrrole nitrogens is 2. The van der Waals surface area contributed by atoms with E-state index in [2.05, 4.69) is 54.6 Å². The molecule has 1 aliphatic heterocycles. The predicted octanol–water partition coefficient (Wildman–Crippen LogP) is 4.20. The van der Waals surface area contributed by atoms with Gasteiger partial charge in [-0.2, -0.15) is 5.10 Å². The summed E-state index contributed by atoms with van der Waals surface area (Å²) in [4.78, 5) is 22.8. The average Bonchev–Trinajstić information content (AvgIpc) is 3.50. The molecule has 0 unspecified atom stereocenters. The molecule has 1 aliphatic rings. The number of hydrogen-bond acceptors (Lipinski definition) is 5. The fourth-order valence-corrected chi connectivity index (χ4v) is 3.89. The third-order valence-electron chi connectivity index (χ3n) is 5.58. The number of imidazole rings is 1. The highest BCUT2D eigenvalue weighted by atomic mass is 35.5. The lowest BCUT2D eigenvalue weighted by Crippen LogP contribution is -2.35. The molecule has 0 atom stereocenters. The van der Waals surface area contributed by atoms with Crippen LogP contribution < -0.4 is 5.32 Å². The zero-order valence-electron chi connectivity index (χ0n) is 17.8. The number of ether oxygens (including phenoxy) is 1. The van der Waals surface area contributed by atoms with E-state index in [4.69, 9.17) is 16.3 Å². The van der Waals surface area contributed by atoms with Crippen LogP contribution in [0.4, 0.5) is 5.69 Å². The molecule has 168 valence electrons. The quantitative estimate of drug-likeness (QED) is 0.398. The first-order valence-corrected chi connectivity index (χ1v) is 11.1. The first-order chi connectivity index (χ1) is 16.2. The first kappa shape index (κ1) is 21.4. The van der Waals surface area contributed by atoms with Crippen LogP contribution in [0.1, 0.15) is 15.9 Å². The number of nitrogens with zero attached hydrogens (tertiary/aromatic N) is 3. The summed E-state index contributed by atoms with van der Waals surface area (Å²) in [7, 11) is 0. The molecule has 1 fully saturated rings. The molecule has 5 rings (SSSR count). The Labute approximate surface area is 196 Å². The van der Waals surface area contributed by atoms with Crippen LogP contribution in [-0.4, -0.2) is 57.3 Å². The molecule has 1 amide bonds. The Balaban J connectivity index is 1.28. The van der Waals surface area contributed by atoms with Crippen LogP contribution >= 0.6 is 11.6 Å². The van der Waals surface area contributed by atoms with E-state index in [1.807, 2.05) is 0 Å². The smallest absolute Gasteiger partial charge is 0.255 e. The van der Waals surface area contributed by atoms with Gasteiger partial charge in [0.15, 0.2) is 5.82 Å². The van der Waals surface area contributed by atoms with Crippen LogP contribution in [0.15, 0.2) is 60.9 Å². The Kier molecular flexibility index (Phi) is 6.21. The van der Waals surface area contributed by atoms with Crippen LogP contribution in [0.25, 0.3) is 22.8 Å². The van der Waals surface area contributed by atoms with Gasteiger partial charge in [0, 0.05) is 30.2 Å². The minimum atomic E-state index is -0.253. The number of morpholine rings is 1. The number of aromatic amines is 2. The third kappa shape index (κ3) is 4.98. The van der Waals surface area contributed by atoms with Gasteiger partial charge >= 0.3 is 0 Å². The van der Waals surface area contributed by atoms with Gasteiger partial charge in [0.05, 0.1) is 37.0 Å². The van der Waals surface area contributed by atoms with Gasteiger partial charge in [0.2, 0.25) is 0 Å². The minimum Gasteiger partial charge on any atom is -0.379 e. The summed E-state index contributed by atoms with van der Waals surface area (Å²) in [5.41, 5.74) is 4.83. The first-order valence-electron chi connectivity index (χ1n) is 10.7. The second-order valence-corrected chi connectivity index (χ2v) is 8.29. The summed E-state index contributed by atoms with van der Waals surface area (Å²) in [6.07, 6.45) is 3.34. The van der Waals surface area contributed by atoms with Crippen molar-refractivity contribution in [3.8, 4) is 22.8 Å². The topological polar surface area (TPSA) is 98.9 Å². The predicted molar refractivity (Wildman–Crippen MR) is 127 cm³/mol. The van der Waals surface area contributed by atoms with Crippen molar-refractivity contribution in [2.45, 2.75) is 6.54 Å². The molecule has 3 N–H and O–H groups in total. The van der Waals surface area contributed by atoms with Crippen molar-refractivity contribution in [1.29, 1.82) is 0 Å². The van der Waals surface area contributed by atoms with E-state index >= 15 is 0 Å². The summed E-state index contributed by atoms with van der Waals surface area (Å²) in [6.45, 7) is 4.44. The fraction of sp³-hybridized carbons (Fsp3) is 0.208. The number of carbonyl (C=O) groups excluding carboxylic acids is 1. The van der Waals surface area contributed by atoms with Gasteiger partial charge in [0.25, 0.3) is 5.91 Å². The van der Waals surface area contributed by atoms with Gasteiger partial charge in [-0.1, -0.05) is 35.9 Å². The van der Waals surface area contributed by atoms with Crippen molar-refractivity contribution in [2.24, 2.45) is 0 Å². The minimum absolute atomic E-state index is 0.253. The molecule has 0 spiro atoms. The highest BCUT2D eigenvalue weighted by Gasteiger charge is 2.16. The molecule has 4 aromatic rings. The van der Waals surface area contributed by atoms with E-state index in [9.17, 15) is 4.79 Å². The molecule has 0 bridgehead atoms. The number of hydrogen-bond donors (Lipinski definition) is 3. The van der Waals surface area contributed by atoms with E-state index in [0.717, 1.165) is 44.1 Å². The molecule has 1 saturated heterocycles. The summed E-state index contributed by atoms with van der Waals surface area (Å²) in [6, 6.07) is 15.1. The Morgan fingerprint density at radius 2 is 1.82 bits per heavy atom. The average molecular weight is 463 g/mol. The number of rotatable bonds is 6. The van der Waals surface area contributed by atoms with Crippen molar-refractivity contribution in [3.05, 3.63) is 77.1 Å². The van der Waals surface area contributed by atoms with Crippen molar-refractivity contribution < 1.29 is 9.53 Å². The number of anilines is 1. The zero-order chi connectivity index (χ0) is 22.6. The second kappa shape index (κ2) is 9.58. The maximum absolute atomic E-state index is 12.6. The van der Waals surface area contributed by atoms with Crippen LogP contribution in [0.3, 0.4) is 0 Å². The van der Waals surface area contributed by atoms with E-state index < -0.39 is 0 Å². The Morgan fingerprint density at radius 3 is 2.58 bits per heavy atom. The monoisotopic (exact) mass is 462 g/mol. The number of halogens is 1. The Morgan fingerprint density at radius 1 is 1.06 bits per heavy atom. The lowest BCUT2D eigenvalue weighted by Gasteiger charge is -2.26. The van der Waals surface area contributed by atoms with Crippen molar-refractivity contribution in [1.82, 2.24) is 25.1 Å². The molecule has 3 heterocycles. The summed E-state index contributed by atoms with van der Waals surface area (Å²) >= 11 is 5.90. The van der Waals surface area contributed by atoms with Gasteiger partial charge in [-0.15, -0.1) is 0 Å². The molecular weight excluding hydrogens is 440 g/mol. The van der Waals surface area contributed by atoms with Gasteiger partial charge in [-0.3, -0.25) is 14.8 Å². The Bertz CT molecular complexity index is 1230. The highest BCUT2D eigenvalue weighted by Crippen LogP contribution is 2.27. The second-order valence-electron chi connectivity index (χ2n) is 7.85. The van der Waals surface area contributed by atoms with Gasteiger partial charge < -0.3 is 15.0 Å². The van der Waals surface area contributed by atoms with Gasteiger partial charge in [0.1, 0.15) is 5.69 Å². The normalized spacial score (nSPS) is 14.3. The lowest BCUT2D eigenvalue weighted by atomic mass is 10.1. The fourth-order valence-electron chi connectivity index (χ4n) is 3.76. The summed E-state index contributed by atoms with van der Waals surface area (Å²) in [5.74, 6) is 0.336. The number of aromatic nitrogens is 4. The summed E-state index contributed by atoms with van der Waals surface area (Å²) in [5, 5.41) is 10.4. The number of amides is 1. The number of benzene rings is 2. The maximum atomic E-state index is 12.6. The molecule has 2 aromatic carbocycles. The largest absolute Gasteiger partial charge is 0.379 e. The molecule has 33 heavy (non-hydrogen) atoms. The van der Waals surface area contributed by atoms with Crippen LogP contribution in [0.5, 0.6) is 0 Å². The molecule has 0 aliphatic carbocycles. The summed E-state index contributed by atoms with van der Waals surface area (Å²) < 4.78 is 5.42. The molecule has 0 radical (unpaired) electrons. The third-order valence-corrected chi connectivity index (χ3v) is 5.83. The van der Waals surface area contributed by atoms with Crippen LogP contribution in [0, 0.1) is 0 Å². The molecule has 0 saturated carbocycles. The van der Waals surface area contributed by atoms with Crippen molar-refractivity contribution in [2.75, 3.05) is 31.6 Å². The molecule has 8 nitrogen and oxygen atoms in total.